The van der Waals surface area contributed by atoms with Crippen LogP contribution in [-0.2, 0) is 23.8 Å². The number of unbranched alkanes of at least 4 members (excludes halogenated alkanes) is 21. The third-order valence-electron chi connectivity index (χ3n) is 12.2. The number of amides is 1. The van der Waals surface area contributed by atoms with Crippen LogP contribution in [0.5, 0.6) is 0 Å². The van der Waals surface area contributed by atoms with Crippen LogP contribution in [0.25, 0.3) is 0 Å². The summed E-state index contributed by atoms with van der Waals surface area (Å²) in [6.45, 7) is 21.1. The molecule has 0 radical (unpaired) electrons. The Hall–Kier alpha value is -1.87. The predicted molar refractivity (Wildman–Crippen MR) is 254 cm³/mol. The fourth-order valence-electron chi connectivity index (χ4n) is 7.89. The van der Waals surface area contributed by atoms with Gasteiger partial charge in [0.25, 0.3) is 0 Å². The quantitative estimate of drug-likeness (QED) is 0.0340. The minimum atomic E-state index is -0.201. The molecule has 0 aliphatic heterocycles. The Morgan fingerprint density at radius 1 is 0.383 bits per heavy atom. The maximum Gasteiger partial charge on any atom is 0.409 e. The number of carbonyl (C=O) groups excluding carboxylic acids is 3. The molecule has 0 spiro atoms. The Balaban J connectivity index is 4.71. The maximum absolute atomic E-state index is 13.4. The molecule has 60 heavy (non-hydrogen) atoms. The van der Waals surface area contributed by atoms with E-state index in [1.165, 1.54) is 109 Å². The molecule has 0 rings (SSSR count). The highest BCUT2D eigenvalue weighted by atomic mass is 16.6. The highest BCUT2D eigenvalue weighted by Gasteiger charge is 2.17. The molecule has 0 saturated heterocycles. The molecule has 0 N–H and O–H groups in total. The molecule has 0 aliphatic rings. The Morgan fingerprint density at radius 3 is 1.23 bits per heavy atom. The van der Waals surface area contributed by atoms with Crippen LogP contribution in [0.2, 0.25) is 0 Å². The molecule has 0 saturated carbocycles. The van der Waals surface area contributed by atoms with E-state index in [1.54, 1.807) is 0 Å². The maximum atomic E-state index is 13.4. The first kappa shape index (κ1) is 58.1. The van der Waals surface area contributed by atoms with Gasteiger partial charge in [-0.1, -0.05) is 183 Å². The molecule has 0 aliphatic carbocycles. The lowest BCUT2D eigenvalue weighted by Crippen LogP contribution is -2.40. The number of carbonyl (C=O) groups is 3. The molecule has 0 aromatic rings. The third-order valence-corrected chi connectivity index (χ3v) is 12.2. The van der Waals surface area contributed by atoms with E-state index >= 15 is 0 Å². The number of likely N-dealkylation sites (N-methyl/N-ethyl adjacent to an activating group) is 1. The van der Waals surface area contributed by atoms with Gasteiger partial charge >= 0.3 is 18.0 Å². The van der Waals surface area contributed by atoms with Crippen molar-refractivity contribution in [1.82, 2.24) is 14.7 Å². The van der Waals surface area contributed by atoms with Crippen LogP contribution < -0.4 is 0 Å². The summed E-state index contributed by atoms with van der Waals surface area (Å²) < 4.78 is 17.3. The van der Waals surface area contributed by atoms with Crippen LogP contribution >= 0.6 is 0 Å². The van der Waals surface area contributed by atoms with Gasteiger partial charge in [0.05, 0.1) is 6.61 Å². The van der Waals surface area contributed by atoms with Crippen molar-refractivity contribution in [3.63, 3.8) is 0 Å². The second-order valence-corrected chi connectivity index (χ2v) is 17.6. The molecule has 0 aromatic carbocycles. The van der Waals surface area contributed by atoms with Crippen LogP contribution in [0.15, 0.2) is 0 Å². The van der Waals surface area contributed by atoms with Crippen molar-refractivity contribution in [3.05, 3.63) is 0 Å². The number of rotatable bonds is 46. The van der Waals surface area contributed by atoms with E-state index in [1.807, 2.05) is 4.90 Å². The number of ether oxygens (including phenoxy) is 3. The van der Waals surface area contributed by atoms with E-state index in [-0.39, 0.29) is 18.0 Å². The molecule has 1 amide bonds. The summed E-state index contributed by atoms with van der Waals surface area (Å²) in [6.07, 6.45) is 33.6. The van der Waals surface area contributed by atoms with Gasteiger partial charge in [-0.15, -0.1) is 0 Å². The van der Waals surface area contributed by atoms with Crippen molar-refractivity contribution < 1.29 is 28.6 Å². The van der Waals surface area contributed by atoms with Gasteiger partial charge in [0, 0.05) is 52.1 Å². The van der Waals surface area contributed by atoms with Crippen LogP contribution in [-0.4, -0.2) is 105 Å². The van der Waals surface area contributed by atoms with Gasteiger partial charge < -0.3 is 24.0 Å². The summed E-state index contributed by atoms with van der Waals surface area (Å²) in [5.41, 5.74) is 0. The molecular formula is C51H101N3O6. The van der Waals surface area contributed by atoms with Crippen LogP contribution in [0, 0.1) is 5.92 Å². The first-order valence-electron chi connectivity index (χ1n) is 26.0. The van der Waals surface area contributed by atoms with Crippen LogP contribution in [0.1, 0.15) is 234 Å². The average Bonchev–Trinajstić information content (AvgIpc) is 3.25. The van der Waals surface area contributed by atoms with Gasteiger partial charge in [0.2, 0.25) is 0 Å². The summed E-state index contributed by atoms with van der Waals surface area (Å²) in [7, 11) is 0. The van der Waals surface area contributed by atoms with Crippen LogP contribution in [0.4, 0.5) is 4.79 Å². The number of nitrogens with zero attached hydrogens (tertiary/aromatic N) is 3. The molecule has 0 aromatic heterocycles. The summed E-state index contributed by atoms with van der Waals surface area (Å²) in [4.78, 5) is 44.9. The zero-order valence-corrected chi connectivity index (χ0v) is 40.9. The van der Waals surface area contributed by atoms with E-state index in [9.17, 15) is 14.4 Å². The summed E-state index contributed by atoms with van der Waals surface area (Å²) >= 11 is 0. The number of esters is 2. The summed E-state index contributed by atoms with van der Waals surface area (Å²) in [5.74, 6) is 0.397. The van der Waals surface area contributed by atoms with Gasteiger partial charge in [-0.2, -0.15) is 0 Å². The lowest BCUT2D eigenvalue weighted by molar-refractivity contribution is -0.145. The van der Waals surface area contributed by atoms with Gasteiger partial charge in [0.15, 0.2) is 0 Å². The molecule has 0 fully saturated rings. The van der Waals surface area contributed by atoms with Crippen molar-refractivity contribution in [2.75, 3.05) is 72.2 Å². The topological polar surface area (TPSA) is 88.6 Å². The average molecular weight is 852 g/mol. The third kappa shape index (κ3) is 37.9. The van der Waals surface area contributed by atoms with E-state index < -0.39 is 0 Å². The van der Waals surface area contributed by atoms with Crippen molar-refractivity contribution in [3.8, 4) is 0 Å². The van der Waals surface area contributed by atoms with Crippen LogP contribution in [0.3, 0.4) is 0 Å². The first-order valence-corrected chi connectivity index (χ1v) is 26.0. The molecule has 0 bridgehead atoms. The summed E-state index contributed by atoms with van der Waals surface area (Å²) in [5, 5.41) is 0. The Morgan fingerprint density at radius 2 is 0.767 bits per heavy atom. The highest BCUT2D eigenvalue weighted by molar-refractivity contribution is 5.69. The number of hydrogen-bond acceptors (Lipinski definition) is 8. The predicted octanol–water partition coefficient (Wildman–Crippen LogP) is 13.6. The van der Waals surface area contributed by atoms with Gasteiger partial charge in [-0.25, -0.2) is 4.79 Å². The van der Waals surface area contributed by atoms with Gasteiger partial charge in [-0.05, 0) is 57.5 Å². The normalized spacial score (nSPS) is 11.6. The fraction of sp³-hybridized carbons (Fsp3) is 0.941. The summed E-state index contributed by atoms with van der Waals surface area (Å²) in [6, 6.07) is 0. The second-order valence-electron chi connectivity index (χ2n) is 17.6. The first-order chi connectivity index (χ1) is 29.3. The zero-order valence-electron chi connectivity index (χ0n) is 40.9. The molecule has 0 unspecified atom stereocenters. The Kier molecular flexibility index (Phi) is 43.8. The van der Waals surface area contributed by atoms with Crippen molar-refractivity contribution in [1.29, 1.82) is 0 Å². The smallest absolute Gasteiger partial charge is 0.409 e. The minimum Gasteiger partial charge on any atom is -0.465 e. The lowest BCUT2D eigenvalue weighted by Gasteiger charge is -2.27. The van der Waals surface area contributed by atoms with E-state index in [4.69, 9.17) is 14.2 Å². The second kappa shape index (κ2) is 45.2. The van der Waals surface area contributed by atoms with Crippen molar-refractivity contribution in [2.24, 2.45) is 5.92 Å². The molecular weight excluding hydrogens is 751 g/mol. The Labute approximate surface area is 372 Å². The minimum absolute atomic E-state index is 0.0175. The van der Waals surface area contributed by atoms with E-state index in [0.717, 1.165) is 110 Å². The molecule has 356 valence electrons. The molecule has 0 atom stereocenters. The van der Waals surface area contributed by atoms with Gasteiger partial charge in [0.1, 0.15) is 13.2 Å². The Bertz CT molecular complexity index is 936. The van der Waals surface area contributed by atoms with E-state index in [2.05, 4.69) is 51.3 Å². The fourth-order valence-corrected chi connectivity index (χ4v) is 7.89. The van der Waals surface area contributed by atoms with E-state index in [0.29, 0.717) is 51.7 Å². The lowest BCUT2D eigenvalue weighted by atomic mass is 9.95. The monoisotopic (exact) mass is 852 g/mol. The number of hydrogen-bond donors (Lipinski definition) is 0. The molecule has 9 heteroatoms. The molecule has 0 heterocycles. The van der Waals surface area contributed by atoms with Gasteiger partial charge in [-0.3, -0.25) is 14.5 Å². The van der Waals surface area contributed by atoms with Crippen molar-refractivity contribution >= 4 is 18.0 Å². The largest absolute Gasteiger partial charge is 0.465 e. The SMILES string of the molecule is CCCCCCCCN(CCCCCCCCCC(=O)OCC(CCCCCC)CCCCCC)C(=O)OCCN(CCOC(=O)CCCCCCC)CCN(CC)CC. The standard InChI is InChI=1S/C51H101N3O6/c1-7-13-17-21-27-33-39-54(51(57)59-46-44-53(42-41-52(11-5)12-6)43-45-58-49(55)37-31-25-18-14-8-2)40-34-28-24-22-23-26-32-38-50(56)60-47-48(35-29-19-15-9-3)36-30-20-16-10-4/h48H,7-47H2,1-6H3. The highest BCUT2D eigenvalue weighted by Crippen LogP contribution is 2.20. The zero-order chi connectivity index (χ0) is 44.2. The van der Waals surface area contributed by atoms with Crippen molar-refractivity contribution in [2.45, 2.75) is 234 Å². The molecule has 9 nitrogen and oxygen atoms in total.